The van der Waals surface area contributed by atoms with Gasteiger partial charge in [-0.2, -0.15) is 5.10 Å². The van der Waals surface area contributed by atoms with E-state index in [0.717, 1.165) is 16.0 Å². The van der Waals surface area contributed by atoms with Gasteiger partial charge in [0.05, 0.1) is 11.4 Å². The zero-order valence-electron chi connectivity index (χ0n) is 10.8. The van der Waals surface area contributed by atoms with Crippen LogP contribution in [0.25, 0.3) is 10.2 Å². The molecule has 0 radical (unpaired) electrons. The average Bonchev–Trinajstić information content (AvgIpc) is 3.09. The lowest BCUT2D eigenvalue weighted by molar-refractivity contribution is 0.443. The van der Waals surface area contributed by atoms with E-state index in [1.165, 1.54) is 0 Å². The first-order valence-electron chi connectivity index (χ1n) is 6.19. The fourth-order valence-corrected chi connectivity index (χ4v) is 2.72. The highest BCUT2D eigenvalue weighted by atomic mass is 32.1. The van der Waals surface area contributed by atoms with Gasteiger partial charge in [0.1, 0.15) is 17.0 Å². The predicted molar refractivity (Wildman–Crippen MR) is 77.4 cm³/mol. The van der Waals surface area contributed by atoms with Crippen LogP contribution in [-0.4, -0.2) is 25.8 Å². The summed E-state index contributed by atoms with van der Waals surface area (Å²) in [5, 5.41) is 10.8. The molecule has 0 aromatic carbocycles. The van der Waals surface area contributed by atoms with E-state index in [9.17, 15) is 0 Å². The molecule has 0 aliphatic heterocycles. The summed E-state index contributed by atoms with van der Waals surface area (Å²) in [7, 11) is 0. The quantitative estimate of drug-likeness (QED) is 0.794. The molecule has 0 saturated heterocycles. The van der Waals surface area contributed by atoms with Gasteiger partial charge in [-0.15, -0.1) is 11.3 Å². The standard InChI is InChI=1S/C13H15N5S/c1-9(10(2)18-6-3-5-16-18)17-12-11-4-7-19-13(11)15-8-14-12/h3-10H,1-2H3,(H,14,15,17)/t9-,10-/m1/s1. The fourth-order valence-electron chi connectivity index (χ4n) is 1.99. The average molecular weight is 273 g/mol. The Balaban J connectivity index is 1.83. The number of thiophene rings is 1. The molecular formula is C13H15N5S. The van der Waals surface area contributed by atoms with Crippen LogP contribution in [0.3, 0.4) is 0 Å². The summed E-state index contributed by atoms with van der Waals surface area (Å²) in [5.41, 5.74) is 0. The number of fused-ring (bicyclic) bond motifs is 1. The van der Waals surface area contributed by atoms with Crippen molar-refractivity contribution in [3.05, 3.63) is 36.2 Å². The molecule has 6 heteroatoms. The molecule has 0 unspecified atom stereocenters. The molecule has 1 N–H and O–H groups in total. The summed E-state index contributed by atoms with van der Waals surface area (Å²) in [6.45, 7) is 4.27. The van der Waals surface area contributed by atoms with Crippen LogP contribution in [0, 0.1) is 0 Å². The maximum absolute atomic E-state index is 4.34. The monoisotopic (exact) mass is 273 g/mol. The number of hydrogen-bond acceptors (Lipinski definition) is 5. The van der Waals surface area contributed by atoms with Crippen LogP contribution in [0.4, 0.5) is 5.82 Å². The van der Waals surface area contributed by atoms with E-state index in [2.05, 4.69) is 34.2 Å². The zero-order valence-corrected chi connectivity index (χ0v) is 11.6. The minimum atomic E-state index is 0.220. The third-order valence-electron chi connectivity index (χ3n) is 3.29. The maximum Gasteiger partial charge on any atom is 0.138 e. The summed E-state index contributed by atoms with van der Waals surface area (Å²) >= 11 is 1.63. The molecule has 0 saturated carbocycles. The van der Waals surface area contributed by atoms with Crippen molar-refractivity contribution in [1.82, 2.24) is 19.7 Å². The first kappa shape index (κ1) is 12.1. The van der Waals surface area contributed by atoms with Crippen LogP contribution < -0.4 is 5.32 Å². The SMILES string of the molecule is C[C@H]([C@@H](C)Nc1ncnc2sccc12)n1cccn1. The van der Waals surface area contributed by atoms with Crippen molar-refractivity contribution in [3.8, 4) is 0 Å². The summed E-state index contributed by atoms with van der Waals surface area (Å²) in [6.07, 6.45) is 5.38. The lowest BCUT2D eigenvalue weighted by Gasteiger charge is -2.22. The number of hydrogen-bond donors (Lipinski definition) is 1. The molecular weight excluding hydrogens is 258 g/mol. The smallest absolute Gasteiger partial charge is 0.138 e. The Bertz CT molecular complexity index is 661. The summed E-state index contributed by atoms with van der Waals surface area (Å²) < 4.78 is 1.95. The lowest BCUT2D eigenvalue weighted by Crippen LogP contribution is -2.27. The van der Waals surface area contributed by atoms with Gasteiger partial charge < -0.3 is 5.32 Å². The van der Waals surface area contributed by atoms with Crippen LogP contribution in [0.5, 0.6) is 0 Å². The highest BCUT2D eigenvalue weighted by molar-refractivity contribution is 7.16. The maximum atomic E-state index is 4.34. The topological polar surface area (TPSA) is 55.6 Å². The Morgan fingerprint density at radius 1 is 1.32 bits per heavy atom. The Labute approximate surface area is 115 Å². The van der Waals surface area contributed by atoms with Crippen molar-refractivity contribution in [3.63, 3.8) is 0 Å². The van der Waals surface area contributed by atoms with Crippen LogP contribution in [0.15, 0.2) is 36.2 Å². The molecule has 19 heavy (non-hydrogen) atoms. The van der Waals surface area contributed by atoms with Crippen LogP contribution in [0.2, 0.25) is 0 Å². The Morgan fingerprint density at radius 2 is 2.21 bits per heavy atom. The van der Waals surface area contributed by atoms with Crippen LogP contribution >= 0.6 is 11.3 Å². The highest BCUT2D eigenvalue weighted by Gasteiger charge is 2.16. The fraction of sp³-hybridized carbons (Fsp3) is 0.308. The predicted octanol–water partition coefficient (Wildman–Crippen LogP) is 2.95. The molecule has 3 aromatic rings. The molecule has 3 aromatic heterocycles. The molecule has 0 aliphatic rings. The number of rotatable bonds is 4. The number of anilines is 1. The second-order valence-corrected chi connectivity index (χ2v) is 5.42. The van der Waals surface area contributed by atoms with Gasteiger partial charge in [-0.05, 0) is 31.4 Å². The zero-order chi connectivity index (χ0) is 13.2. The minimum Gasteiger partial charge on any atom is -0.365 e. The van der Waals surface area contributed by atoms with Gasteiger partial charge in [0.2, 0.25) is 0 Å². The largest absolute Gasteiger partial charge is 0.365 e. The first-order chi connectivity index (χ1) is 9.25. The van der Waals surface area contributed by atoms with E-state index < -0.39 is 0 Å². The summed E-state index contributed by atoms with van der Waals surface area (Å²) in [4.78, 5) is 9.60. The Hall–Kier alpha value is -1.95. The van der Waals surface area contributed by atoms with Crippen molar-refractivity contribution in [2.75, 3.05) is 5.32 Å². The van der Waals surface area contributed by atoms with Crippen LogP contribution in [-0.2, 0) is 0 Å². The van der Waals surface area contributed by atoms with E-state index in [4.69, 9.17) is 0 Å². The molecule has 2 atom stereocenters. The first-order valence-corrected chi connectivity index (χ1v) is 7.07. The van der Waals surface area contributed by atoms with Gasteiger partial charge in [0, 0.05) is 18.4 Å². The van der Waals surface area contributed by atoms with Gasteiger partial charge in [-0.3, -0.25) is 4.68 Å². The molecule has 0 amide bonds. The number of nitrogens with zero attached hydrogens (tertiary/aromatic N) is 4. The van der Waals surface area contributed by atoms with Crippen molar-refractivity contribution in [1.29, 1.82) is 0 Å². The van der Waals surface area contributed by atoms with Crippen molar-refractivity contribution >= 4 is 27.4 Å². The van der Waals surface area contributed by atoms with E-state index in [-0.39, 0.29) is 12.1 Å². The molecule has 3 heterocycles. The van der Waals surface area contributed by atoms with Gasteiger partial charge in [-0.25, -0.2) is 9.97 Å². The number of aromatic nitrogens is 4. The molecule has 0 spiro atoms. The molecule has 3 rings (SSSR count). The van der Waals surface area contributed by atoms with Crippen molar-refractivity contribution in [2.45, 2.75) is 25.9 Å². The third-order valence-corrected chi connectivity index (χ3v) is 4.11. The molecule has 0 bridgehead atoms. The van der Waals surface area contributed by atoms with Gasteiger partial charge in [0.25, 0.3) is 0 Å². The molecule has 0 fully saturated rings. The van der Waals surface area contributed by atoms with Crippen molar-refractivity contribution in [2.24, 2.45) is 0 Å². The summed E-state index contributed by atoms with van der Waals surface area (Å²) in [6, 6.07) is 4.45. The summed E-state index contributed by atoms with van der Waals surface area (Å²) in [5.74, 6) is 0.887. The second-order valence-electron chi connectivity index (χ2n) is 4.52. The normalized spacial score (nSPS) is 14.4. The minimum absolute atomic E-state index is 0.220. The third kappa shape index (κ3) is 2.31. The second kappa shape index (κ2) is 4.97. The van der Waals surface area contributed by atoms with Crippen molar-refractivity contribution < 1.29 is 0 Å². The van der Waals surface area contributed by atoms with E-state index in [1.807, 2.05) is 28.4 Å². The Morgan fingerprint density at radius 3 is 3.00 bits per heavy atom. The van der Waals surface area contributed by atoms with E-state index in [1.54, 1.807) is 23.9 Å². The lowest BCUT2D eigenvalue weighted by atomic mass is 10.1. The van der Waals surface area contributed by atoms with Gasteiger partial charge in [-0.1, -0.05) is 0 Å². The highest BCUT2D eigenvalue weighted by Crippen LogP contribution is 2.25. The number of nitrogens with one attached hydrogen (secondary N) is 1. The molecule has 5 nitrogen and oxygen atoms in total. The van der Waals surface area contributed by atoms with E-state index in [0.29, 0.717) is 0 Å². The van der Waals surface area contributed by atoms with Crippen LogP contribution in [0.1, 0.15) is 19.9 Å². The van der Waals surface area contributed by atoms with Gasteiger partial charge in [0.15, 0.2) is 0 Å². The molecule has 98 valence electrons. The van der Waals surface area contributed by atoms with E-state index >= 15 is 0 Å². The Kier molecular flexibility index (Phi) is 3.16. The van der Waals surface area contributed by atoms with Gasteiger partial charge >= 0.3 is 0 Å². The molecule has 0 aliphatic carbocycles.